The fraction of sp³-hybridized carbons (Fsp3) is 0.538. The number of amides is 1. The third-order valence-electron chi connectivity index (χ3n) is 3.56. The van der Waals surface area contributed by atoms with Crippen LogP contribution >= 0.6 is 0 Å². The van der Waals surface area contributed by atoms with Crippen molar-refractivity contribution >= 4 is 11.6 Å². The first kappa shape index (κ1) is 12.0. The molecule has 0 radical (unpaired) electrons. The van der Waals surface area contributed by atoms with Crippen molar-refractivity contribution in [3.8, 4) is 0 Å². The van der Waals surface area contributed by atoms with E-state index in [1.54, 1.807) is 24.3 Å². The van der Waals surface area contributed by atoms with E-state index < -0.39 is 0 Å². The molecule has 4 heteroatoms. The van der Waals surface area contributed by atoms with Crippen LogP contribution in [0.25, 0.3) is 0 Å². The van der Waals surface area contributed by atoms with E-state index >= 15 is 0 Å². The second-order valence-corrected chi connectivity index (χ2v) is 4.72. The molecule has 1 aromatic heterocycles. The van der Waals surface area contributed by atoms with Crippen LogP contribution in [0.15, 0.2) is 24.5 Å². The largest absolute Gasteiger partial charge is 0.327 e. The third kappa shape index (κ3) is 2.82. The third-order valence-corrected chi connectivity index (χ3v) is 3.56. The number of hydrogen-bond donors (Lipinski definition) is 1. The van der Waals surface area contributed by atoms with Crippen molar-refractivity contribution in [2.24, 2.45) is 11.7 Å². The topological polar surface area (TPSA) is 59.2 Å². The molecular formula is C13H19N3O. The number of anilines is 1. The summed E-state index contributed by atoms with van der Waals surface area (Å²) < 4.78 is 0. The summed E-state index contributed by atoms with van der Waals surface area (Å²) in [6, 6.07) is 3.92. The Kier molecular flexibility index (Phi) is 3.74. The molecule has 1 fully saturated rings. The van der Waals surface area contributed by atoms with Crippen LogP contribution in [-0.4, -0.2) is 24.0 Å². The van der Waals surface area contributed by atoms with E-state index in [9.17, 15) is 4.79 Å². The SMILES string of the molecule is CN(C(=O)C[C@@H]1CCC[C@H]1N)c1cccnc1. The standard InChI is InChI=1S/C13H19N3O/c1-16(11-5-3-7-15-9-11)13(17)8-10-4-2-6-12(10)14/h3,5,7,9-10,12H,2,4,6,8,14H2,1H3/t10-,12+/m0/s1. The van der Waals surface area contributed by atoms with Gasteiger partial charge in [0.1, 0.15) is 0 Å². The molecule has 4 nitrogen and oxygen atoms in total. The Morgan fingerprint density at radius 1 is 1.59 bits per heavy atom. The van der Waals surface area contributed by atoms with Gasteiger partial charge < -0.3 is 10.6 Å². The number of carbonyl (C=O) groups is 1. The van der Waals surface area contributed by atoms with E-state index in [2.05, 4.69) is 4.98 Å². The van der Waals surface area contributed by atoms with E-state index in [-0.39, 0.29) is 11.9 Å². The first-order valence-electron chi connectivity index (χ1n) is 6.10. The van der Waals surface area contributed by atoms with E-state index in [4.69, 9.17) is 5.73 Å². The van der Waals surface area contributed by atoms with Crippen LogP contribution in [0, 0.1) is 5.92 Å². The van der Waals surface area contributed by atoms with E-state index in [1.165, 1.54) is 0 Å². The minimum absolute atomic E-state index is 0.125. The van der Waals surface area contributed by atoms with Gasteiger partial charge in [0.15, 0.2) is 0 Å². The summed E-state index contributed by atoms with van der Waals surface area (Å²) in [6.07, 6.45) is 7.23. The second-order valence-electron chi connectivity index (χ2n) is 4.72. The van der Waals surface area contributed by atoms with Crippen LogP contribution in [0.5, 0.6) is 0 Å². The molecule has 0 spiro atoms. The fourth-order valence-electron chi connectivity index (χ4n) is 2.38. The summed E-state index contributed by atoms with van der Waals surface area (Å²) in [5, 5.41) is 0. The van der Waals surface area contributed by atoms with Gasteiger partial charge in [-0.15, -0.1) is 0 Å². The molecule has 2 rings (SSSR count). The Morgan fingerprint density at radius 3 is 3.00 bits per heavy atom. The predicted molar refractivity (Wildman–Crippen MR) is 67.6 cm³/mol. The maximum absolute atomic E-state index is 12.1. The maximum Gasteiger partial charge on any atom is 0.227 e. The summed E-state index contributed by atoms with van der Waals surface area (Å²) in [5.41, 5.74) is 6.82. The molecule has 0 unspecified atom stereocenters. The van der Waals surface area contributed by atoms with Crippen molar-refractivity contribution in [2.45, 2.75) is 31.7 Å². The highest BCUT2D eigenvalue weighted by Gasteiger charge is 2.27. The van der Waals surface area contributed by atoms with Gasteiger partial charge in [-0.1, -0.05) is 6.42 Å². The smallest absolute Gasteiger partial charge is 0.227 e. The number of aromatic nitrogens is 1. The zero-order valence-electron chi connectivity index (χ0n) is 10.2. The summed E-state index contributed by atoms with van der Waals surface area (Å²) >= 11 is 0. The van der Waals surface area contributed by atoms with Crippen LogP contribution in [-0.2, 0) is 4.79 Å². The van der Waals surface area contributed by atoms with Crippen LogP contribution < -0.4 is 10.6 Å². The zero-order valence-corrected chi connectivity index (χ0v) is 10.2. The molecule has 1 aliphatic rings. The van der Waals surface area contributed by atoms with Crippen molar-refractivity contribution in [3.63, 3.8) is 0 Å². The number of nitrogens with zero attached hydrogens (tertiary/aromatic N) is 2. The molecule has 0 aromatic carbocycles. The number of rotatable bonds is 3. The van der Waals surface area contributed by atoms with Gasteiger partial charge in [0, 0.05) is 25.7 Å². The fourth-order valence-corrected chi connectivity index (χ4v) is 2.38. The summed E-state index contributed by atoms with van der Waals surface area (Å²) in [6.45, 7) is 0. The number of nitrogens with two attached hydrogens (primary N) is 1. The van der Waals surface area contributed by atoms with Crippen molar-refractivity contribution in [1.29, 1.82) is 0 Å². The van der Waals surface area contributed by atoms with Gasteiger partial charge in [-0.25, -0.2) is 0 Å². The summed E-state index contributed by atoms with van der Waals surface area (Å²) in [5.74, 6) is 0.474. The Bertz CT molecular complexity index is 380. The number of hydrogen-bond acceptors (Lipinski definition) is 3. The average molecular weight is 233 g/mol. The van der Waals surface area contributed by atoms with Gasteiger partial charge in [-0.05, 0) is 30.9 Å². The lowest BCUT2D eigenvalue weighted by atomic mass is 9.99. The average Bonchev–Trinajstić information content (AvgIpc) is 2.75. The van der Waals surface area contributed by atoms with Gasteiger partial charge >= 0.3 is 0 Å². The molecule has 2 atom stereocenters. The summed E-state index contributed by atoms with van der Waals surface area (Å²) in [4.78, 5) is 17.8. The molecule has 1 saturated carbocycles. The lowest BCUT2D eigenvalue weighted by Gasteiger charge is -2.20. The van der Waals surface area contributed by atoms with Gasteiger partial charge in [0.05, 0.1) is 11.9 Å². The molecule has 0 bridgehead atoms. The molecule has 1 amide bonds. The Hall–Kier alpha value is -1.42. The van der Waals surface area contributed by atoms with Crippen LogP contribution in [0.3, 0.4) is 0 Å². The highest BCUT2D eigenvalue weighted by atomic mass is 16.2. The molecule has 0 aliphatic heterocycles. The van der Waals surface area contributed by atoms with E-state index in [1.807, 2.05) is 12.1 Å². The number of pyridine rings is 1. The monoisotopic (exact) mass is 233 g/mol. The minimum atomic E-state index is 0.125. The highest BCUT2D eigenvalue weighted by molar-refractivity contribution is 5.92. The quantitative estimate of drug-likeness (QED) is 0.862. The van der Waals surface area contributed by atoms with Gasteiger partial charge in [-0.3, -0.25) is 9.78 Å². The Balaban J connectivity index is 1.96. The molecule has 2 N–H and O–H groups in total. The van der Waals surface area contributed by atoms with Crippen molar-refractivity contribution in [3.05, 3.63) is 24.5 Å². The Labute approximate surface area is 102 Å². The first-order chi connectivity index (χ1) is 8.18. The molecule has 1 heterocycles. The van der Waals surface area contributed by atoms with Crippen molar-refractivity contribution in [2.75, 3.05) is 11.9 Å². The molecule has 92 valence electrons. The molecule has 1 aliphatic carbocycles. The molecular weight excluding hydrogens is 214 g/mol. The van der Waals surface area contributed by atoms with Gasteiger partial charge in [-0.2, -0.15) is 0 Å². The van der Waals surface area contributed by atoms with Gasteiger partial charge in [0.2, 0.25) is 5.91 Å². The minimum Gasteiger partial charge on any atom is -0.327 e. The van der Waals surface area contributed by atoms with Crippen LogP contribution in [0.2, 0.25) is 0 Å². The highest BCUT2D eigenvalue weighted by Crippen LogP contribution is 2.27. The zero-order chi connectivity index (χ0) is 12.3. The van der Waals surface area contributed by atoms with Crippen LogP contribution in [0.1, 0.15) is 25.7 Å². The first-order valence-corrected chi connectivity index (χ1v) is 6.10. The molecule has 0 saturated heterocycles. The second kappa shape index (κ2) is 5.27. The summed E-state index contributed by atoms with van der Waals surface area (Å²) in [7, 11) is 1.79. The Morgan fingerprint density at radius 2 is 2.41 bits per heavy atom. The molecule has 1 aromatic rings. The lowest BCUT2D eigenvalue weighted by molar-refractivity contribution is -0.119. The van der Waals surface area contributed by atoms with E-state index in [0.29, 0.717) is 12.3 Å². The normalized spacial score (nSPS) is 23.6. The van der Waals surface area contributed by atoms with E-state index in [0.717, 1.165) is 24.9 Å². The number of carbonyl (C=O) groups excluding carboxylic acids is 1. The van der Waals surface area contributed by atoms with Crippen molar-refractivity contribution in [1.82, 2.24) is 4.98 Å². The molecule has 17 heavy (non-hydrogen) atoms. The van der Waals surface area contributed by atoms with Gasteiger partial charge in [0.25, 0.3) is 0 Å². The predicted octanol–water partition coefficient (Wildman–Crippen LogP) is 1.56. The maximum atomic E-state index is 12.1. The van der Waals surface area contributed by atoms with Crippen LogP contribution in [0.4, 0.5) is 5.69 Å². The van der Waals surface area contributed by atoms with Crippen molar-refractivity contribution < 1.29 is 4.79 Å². The lowest BCUT2D eigenvalue weighted by Crippen LogP contribution is -2.32.